The number of amides is 1. The zero-order chi connectivity index (χ0) is 35.3. The van der Waals surface area contributed by atoms with E-state index in [0.717, 1.165) is 28.0 Å². The lowest BCUT2D eigenvalue weighted by Crippen LogP contribution is -2.53. The number of methoxy groups -OCH3 is 2. The molecule has 3 aliphatic rings. The Hall–Kier alpha value is -3.66. The van der Waals surface area contributed by atoms with Crippen LogP contribution in [0.2, 0.25) is 0 Å². The molecule has 2 aromatic carbocycles. The van der Waals surface area contributed by atoms with Crippen LogP contribution < -0.4 is 9.47 Å². The minimum atomic E-state index is -1.29. The van der Waals surface area contributed by atoms with Crippen molar-refractivity contribution in [3.05, 3.63) is 92.2 Å². The van der Waals surface area contributed by atoms with E-state index in [9.17, 15) is 19.8 Å². The number of hydrogen-bond donors (Lipinski definition) is 2. The molecule has 9 heteroatoms. The second-order valence-corrected chi connectivity index (χ2v) is 15.2. The maximum absolute atomic E-state index is 14.2. The molecule has 1 aromatic heterocycles. The van der Waals surface area contributed by atoms with Crippen LogP contribution >= 0.6 is 11.3 Å². The highest BCUT2D eigenvalue weighted by Crippen LogP contribution is 2.59. The van der Waals surface area contributed by atoms with Crippen LogP contribution in [-0.4, -0.2) is 66.1 Å². The second kappa shape index (κ2) is 15.5. The van der Waals surface area contributed by atoms with Crippen molar-refractivity contribution in [2.75, 3.05) is 27.4 Å². The van der Waals surface area contributed by atoms with Crippen molar-refractivity contribution >= 4 is 23.2 Å². The van der Waals surface area contributed by atoms with Gasteiger partial charge in [-0.15, -0.1) is 11.3 Å². The van der Waals surface area contributed by atoms with Crippen molar-refractivity contribution in [3.63, 3.8) is 0 Å². The predicted molar refractivity (Wildman–Crippen MR) is 193 cm³/mol. The molecule has 3 aromatic rings. The Morgan fingerprint density at radius 3 is 2.51 bits per heavy atom. The topological polar surface area (TPSA) is 106 Å². The molecular formula is C40H51NO7S. The molecule has 2 N–H and O–H groups in total. The summed E-state index contributed by atoms with van der Waals surface area (Å²) in [6.45, 7) is 8.41. The quantitative estimate of drug-likeness (QED) is 0.173. The van der Waals surface area contributed by atoms with Gasteiger partial charge < -0.3 is 29.3 Å². The summed E-state index contributed by atoms with van der Waals surface area (Å²) in [6.07, 6.45) is 5.50. The number of aliphatic hydroxyl groups excluding tert-OH is 1. The fourth-order valence-electron chi connectivity index (χ4n) is 7.79. The van der Waals surface area contributed by atoms with Crippen LogP contribution in [0.3, 0.4) is 0 Å². The van der Waals surface area contributed by atoms with Gasteiger partial charge in [-0.05, 0) is 113 Å². The Bertz CT molecular complexity index is 1680. The summed E-state index contributed by atoms with van der Waals surface area (Å²) >= 11 is 1.48. The summed E-state index contributed by atoms with van der Waals surface area (Å²) in [5, 5.41) is 23.8. The molecule has 0 spiro atoms. The van der Waals surface area contributed by atoms with Crippen LogP contribution in [0.4, 0.5) is 4.79 Å². The third-order valence-electron chi connectivity index (χ3n) is 10.7. The van der Waals surface area contributed by atoms with Crippen LogP contribution in [-0.2, 0) is 17.7 Å². The van der Waals surface area contributed by atoms with Crippen LogP contribution in [0.25, 0.3) is 0 Å². The smallest absolute Gasteiger partial charge is 0.410 e. The first kappa shape index (κ1) is 36.6. The van der Waals surface area contributed by atoms with Gasteiger partial charge in [-0.2, -0.15) is 0 Å². The van der Waals surface area contributed by atoms with Crippen molar-refractivity contribution in [2.24, 2.45) is 5.41 Å². The first-order chi connectivity index (χ1) is 23.4. The molecule has 49 heavy (non-hydrogen) atoms. The number of ether oxygens (including phenoxy) is 3. The largest absolute Gasteiger partial charge is 0.497 e. The third-order valence-corrected chi connectivity index (χ3v) is 11.7. The third kappa shape index (κ3) is 7.89. The molecule has 8 nitrogen and oxygen atoms in total. The monoisotopic (exact) mass is 689 g/mol. The van der Waals surface area contributed by atoms with Crippen molar-refractivity contribution < 1.29 is 34.0 Å². The first-order valence-electron chi connectivity index (χ1n) is 17.3. The standard InChI is InChI=1S/C40H51NO7S/c1-7-48-38(44)41(24-29-13-15-31(46-5)23-35(29)47-6)25-40(45)20-18-34-32-16-12-28(22-33(32)37(43)36-17-11-27(3)49-36)21-30(42)14-10-26(2)9-8-19-39(34,40)4/h9,11-13,15-17,22-23,30,34,42,45H,7-8,10,14,18-21,24-25H2,1-6H3/t30-,34-,39-,40+/m0/s1. The Morgan fingerprint density at radius 2 is 1.82 bits per heavy atom. The summed E-state index contributed by atoms with van der Waals surface area (Å²) < 4.78 is 16.6. The second-order valence-electron chi connectivity index (χ2n) is 13.9. The number of ketones is 1. The molecule has 264 valence electrons. The van der Waals surface area contributed by atoms with Crippen LogP contribution in [0.15, 0.2) is 60.2 Å². The van der Waals surface area contributed by atoms with E-state index >= 15 is 0 Å². The average molecular weight is 690 g/mol. The van der Waals surface area contributed by atoms with Crippen LogP contribution in [0.5, 0.6) is 11.5 Å². The highest BCUT2D eigenvalue weighted by molar-refractivity contribution is 7.14. The lowest BCUT2D eigenvalue weighted by atomic mass is 9.64. The fourth-order valence-corrected chi connectivity index (χ4v) is 8.61. The molecule has 4 atom stereocenters. The Morgan fingerprint density at radius 1 is 1.02 bits per heavy atom. The Labute approximate surface area is 294 Å². The Balaban J connectivity index is 1.59. The van der Waals surface area contributed by atoms with E-state index in [2.05, 4.69) is 19.9 Å². The van der Waals surface area contributed by atoms with E-state index in [1.165, 1.54) is 16.9 Å². The number of carbonyl (C=O) groups is 2. The van der Waals surface area contributed by atoms with Gasteiger partial charge >= 0.3 is 6.09 Å². The molecule has 0 saturated heterocycles. The number of thiophene rings is 1. The van der Waals surface area contributed by atoms with E-state index in [1.807, 2.05) is 49.4 Å². The van der Waals surface area contributed by atoms with Gasteiger partial charge in [0.2, 0.25) is 5.78 Å². The molecule has 0 aliphatic heterocycles. The van der Waals surface area contributed by atoms with Crippen molar-refractivity contribution in [2.45, 2.75) is 96.8 Å². The molecule has 6 rings (SSSR count). The zero-order valence-electron chi connectivity index (χ0n) is 29.7. The van der Waals surface area contributed by atoms with E-state index in [1.54, 1.807) is 32.1 Å². The SMILES string of the molecule is CCOC(=O)N(Cc1ccc(OC)cc1OC)C[C@]1(O)CC[C@H]2c3ccc(cc3C(=O)c3ccc(C)s3)C[C@@H](O)CCC(C)=CCC[C@@]21C. The van der Waals surface area contributed by atoms with E-state index in [4.69, 9.17) is 14.2 Å². The highest BCUT2D eigenvalue weighted by atomic mass is 32.1. The van der Waals surface area contributed by atoms with Crippen molar-refractivity contribution in [1.82, 2.24) is 4.90 Å². The van der Waals surface area contributed by atoms with Gasteiger partial charge in [0.05, 0.1) is 50.5 Å². The minimum Gasteiger partial charge on any atom is -0.497 e. The zero-order valence-corrected chi connectivity index (χ0v) is 30.5. The molecule has 1 amide bonds. The lowest BCUT2D eigenvalue weighted by molar-refractivity contribution is -0.0821. The molecule has 3 aliphatic carbocycles. The Kier molecular flexibility index (Phi) is 11.6. The maximum atomic E-state index is 14.2. The maximum Gasteiger partial charge on any atom is 0.410 e. The number of carbonyl (C=O) groups excluding carboxylic acids is 2. The number of allylic oxidation sites excluding steroid dienone is 2. The lowest BCUT2D eigenvalue weighted by Gasteiger charge is -2.46. The van der Waals surface area contributed by atoms with E-state index < -0.39 is 23.2 Å². The minimum absolute atomic E-state index is 0.0372. The van der Waals surface area contributed by atoms with Gasteiger partial charge in [0.15, 0.2) is 0 Å². The number of aryl methyl sites for hydroxylation is 1. The van der Waals surface area contributed by atoms with Gasteiger partial charge in [0.25, 0.3) is 0 Å². The van der Waals surface area contributed by atoms with Gasteiger partial charge in [0.1, 0.15) is 11.5 Å². The van der Waals surface area contributed by atoms with Crippen LogP contribution in [0, 0.1) is 12.3 Å². The number of fused-ring (bicyclic) bond motifs is 8. The van der Waals surface area contributed by atoms with Gasteiger partial charge in [0, 0.05) is 27.5 Å². The van der Waals surface area contributed by atoms with E-state index in [0.29, 0.717) is 60.5 Å². The fraction of sp³-hybridized carbons (Fsp3) is 0.500. The van der Waals surface area contributed by atoms with Gasteiger partial charge in [-0.1, -0.05) is 30.7 Å². The normalized spacial score (nSPS) is 24.0. The summed E-state index contributed by atoms with van der Waals surface area (Å²) in [5.41, 5.74) is 2.42. The van der Waals surface area contributed by atoms with Crippen LogP contribution in [0.1, 0.15) is 102 Å². The number of aliphatic hydroxyl groups is 2. The molecular weight excluding hydrogens is 639 g/mol. The molecule has 0 unspecified atom stereocenters. The number of nitrogens with zero attached hydrogens (tertiary/aromatic N) is 1. The first-order valence-corrected chi connectivity index (χ1v) is 18.2. The van der Waals surface area contributed by atoms with Gasteiger partial charge in [-0.25, -0.2) is 4.79 Å². The van der Waals surface area contributed by atoms with Gasteiger partial charge in [-0.3, -0.25) is 4.79 Å². The predicted octanol–water partition coefficient (Wildman–Crippen LogP) is 8.00. The van der Waals surface area contributed by atoms with Crippen molar-refractivity contribution in [1.29, 1.82) is 0 Å². The number of benzene rings is 2. The molecule has 2 bridgehead atoms. The summed E-state index contributed by atoms with van der Waals surface area (Å²) in [5.74, 6) is 1.02. The molecule has 1 saturated carbocycles. The number of rotatable bonds is 9. The molecule has 0 radical (unpaired) electrons. The molecule has 1 heterocycles. The summed E-state index contributed by atoms with van der Waals surface area (Å²) in [6, 6.07) is 15.4. The van der Waals surface area contributed by atoms with Crippen molar-refractivity contribution in [3.8, 4) is 11.5 Å². The van der Waals surface area contributed by atoms with E-state index in [-0.39, 0.29) is 31.4 Å². The summed E-state index contributed by atoms with van der Waals surface area (Å²) in [4.78, 5) is 31.1. The summed E-state index contributed by atoms with van der Waals surface area (Å²) in [7, 11) is 3.17. The molecule has 1 fully saturated rings. The highest BCUT2D eigenvalue weighted by Gasteiger charge is 2.58. The average Bonchev–Trinajstić information content (AvgIpc) is 3.63. The number of hydrogen-bond acceptors (Lipinski definition) is 8.